The first-order valence-corrected chi connectivity index (χ1v) is 6.36. The summed E-state index contributed by atoms with van der Waals surface area (Å²) < 4.78 is 10.6. The van der Waals surface area contributed by atoms with Crippen molar-refractivity contribution in [1.82, 2.24) is 0 Å². The van der Waals surface area contributed by atoms with Crippen LogP contribution in [0.25, 0.3) is 0 Å². The first-order chi connectivity index (χ1) is 9.08. The number of ether oxygens (including phenoxy) is 1. The summed E-state index contributed by atoms with van der Waals surface area (Å²) in [6, 6.07) is 1.77. The molecule has 0 bridgehead atoms. The van der Waals surface area contributed by atoms with Crippen molar-refractivity contribution < 1.29 is 9.15 Å². The van der Waals surface area contributed by atoms with Crippen molar-refractivity contribution in [3.05, 3.63) is 44.1 Å². The second kappa shape index (κ2) is 5.30. The van der Waals surface area contributed by atoms with E-state index < -0.39 is 10.9 Å². The number of hydrogen-bond acceptors (Lipinski definition) is 5. The molecule has 5 heteroatoms. The molecule has 0 aliphatic heterocycles. The van der Waals surface area contributed by atoms with Gasteiger partial charge >= 0.3 is 0 Å². The molecule has 1 aromatic heterocycles. The molecule has 1 atom stereocenters. The smallest absolute Gasteiger partial charge is 0.272 e. The van der Waals surface area contributed by atoms with Crippen LogP contribution < -0.4 is 20.9 Å². The number of furan rings is 1. The monoisotopic (exact) mass is 263 g/mol. The molecule has 19 heavy (non-hydrogen) atoms. The lowest BCUT2D eigenvalue weighted by molar-refractivity contribution is 0.334. The minimum absolute atomic E-state index is 0.134. The molecule has 0 saturated carbocycles. The zero-order valence-corrected chi connectivity index (χ0v) is 11.3. The van der Waals surface area contributed by atoms with Crippen LogP contribution in [-0.2, 0) is 0 Å². The summed E-state index contributed by atoms with van der Waals surface area (Å²) in [5, 5.41) is 3.04. The third kappa shape index (κ3) is 2.41. The molecule has 1 heterocycles. The Morgan fingerprint density at radius 1 is 1.32 bits per heavy atom. The van der Waals surface area contributed by atoms with Gasteiger partial charge in [-0.15, -0.1) is 0 Å². The maximum Gasteiger partial charge on any atom is 0.272 e. The molecular weight excluding hydrogens is 246 g/mol. The lowest BCUT2D eigenvalue weighted by atomic mass is 10.1. The fourth-order valence-electron chi connectivity index (χ4n) is 1.97. The van der Waals surface area contributed by atoms with Gasteiger partial charge in [0.15, 0.2) is 5.75 Å². The quantitative estimate of drug-likeness (QED) is 0.809. The molecule has 2 aromatic rings. The average Bonchev–Trinajstić information content (AvgIpc) is 2.84. The number of nitrogens with one attached hydrogen (secondary N) is 1. The van der Waals surface area contributed by atoms with Gasteiger partial charge in [0.1, 0.15) is 11.4 Å². The van der Waals surface area contributed by atoms with Gasteiger partial charge in [0, 0.05) is 0 Å². The Hall–Kier alpha value is -2.04. The molecule has 1 N–H and O–H groups in total. The third-order valence-corrected chi connectivity index (χ3v) is 2.98. The standard InChI is InChI=1S/C14H17NO4/c1-4-9(10-6-8(3)7-19-10)15-11-12(16)13(17)14(11)18-5-2/h6-7,9,15H,4-5H2,1-3H3/t9-/m1/s1. The molecule has 0 saturated heterocycles. The van der Waals surface area contributed by atoms with Gasteiger partial charge in [-0.3, -0.25) is 9.59 Å². The molecule has 0 amide bonds. The molecule has 0 aliphatic carbocycles. The topological polar surface area (TPSA) is 68.5 Å². The van der Waals surface area contributed by atoms with E-state index in [1.165, 1.54) is 0 Å². The molecular formula is C14H17NO4. The van der Waals surface area contributed by atoms with Crippen LogP contribution in [0, 0.1) is 6.92 Å². The van der Waals surface area contributed by atoms with Crippen molar-refractivity contribution >= 4 is 5.69 Å². The molecule has 0 unspecified atom stereocenters. The summed E-state index contributed by atoms with van der Waals surface area (Å²) in [5.74, 6) is 0.879. The summed E-state index contributed by atoms with van der Waals surface area (Å²) in [6.07, 6.45) is 2.39. The summed E-state index contributed by atoms with van der Waals surface area (Å²) in [7, 11) is 0. The SMILES string of the molecule is CCOc1c(N[C@H](CC)c2cc(C)co2)c(=O)c1=O. The van der Waals surface area contributed by atoms with E-state index in [9.17, 15) is 9.59 Å². The van der Waals surface area contributed by atoms with Crippen LogP contribution in [0.2, 0.25) is 0 Å². The highest BCUT2D eigenvalue weighted by Crippen LogP contribution is 2.27. The third-order valence-electron chi connectivity index (χ3n) is 2.98. The van der Waals surface area contributed by atoms with Crippen LogP contribution in [-0.4, -0.2) is 6.61 Å². The van der Waals surface area contributed by atoms with E-state index in [2.05, 4.69) is 5.32 Å². The van der Waals surface area contributed by atoms with Gasteiger partial charge in [0.25, 0.3) is 10.9 Å². The Morgan fingerprint density at radius 2 is 2.05 bits per heavy atom. The molecule has 0 radical (unpaired) electrons. The van der Waals surface area contributed by atoms with E-state index in [0.29, 0.717) is 6.61 Å². The van der Waals surface area contributed by atoms with Gasteiger partial charge in [-0.1, -0.05) is 6.92 Å². The largest absolute Gasteiger partial charge is 0.488 e. The van der Waals surface area contributed by atoms with Gasteiger partial charge in [-0.25, -0.2) is 0 Å². The second-order valence-electron chi connectivity index (χ2n) is 4.43. The number of hydrogen-bond donors (Lipinski definition) is 1. The predicted octanol–water partition coefficient (Wildman–Crippen LogP) is 2.15. The van der Waals surface area contributed by atoms with E-state index in [1.54, 1.807) is 13.2 Å². The average molecular weight is 263 g/mol. The highest BCUT2D eigenvalue weighted by Gasteiger charge is 2.25. The van der Waals surface area contributed by atoms with Crippen LogP contribution in [0.4, 0.5) is 5.69 Å². The first kappa shape index (κ1) is 13.4. The molecule has 2 rings (SSSR count). The minimum atomic E-state index is -0.560. The van der Waals surface area contributed by atoms with Gasteiger partial charge in [-0.2, -0.15) is 0 Å². The minimum Gasteiger partial charge on any atom is -0.488 e. The van der Waals surface area contributed by atoms with E-state index in [1.807, 2.05) is 19.9 Å². The van der Waals surface area contributed by atoms with E-state index >= 15 is 0 Å². The highest BCUT2D eigenvalue weighted by atomic mass is 16.5. The number of aryl methyl sites for hydroxylation is 1. The van der Waals surface area contributed by atoms with Crippen molar-refractivity contribution in [3.8, 4) is 5.75 Å². The van der Waals surface area contributed by atoms with Crippen LogP contribution in [0.1, 0.15) is 37.6 Å². The van der Waals surface area contributed by atoms with Crippen molar-refractivity contribution in [3.63, 3.8) is 0 Å². The Balaban J connectivity index is 2.22. The van der Waals surface area contributed by atoms with Gasteiger partial charge in [-0.05, 0) is 31.9 Å². The summed E-state index contributed by atoms with van der Waals surface area (Å²) in [4.78, 5) is 22.9. The maximum atomic E-state index is 11.6. The molecule has 0 spiro atoms. The Morgan fingerprint density at radius 3 is 2.58 bits per heavy atom. The molecule has 102 valence electrons. The van der Waals surface area contributed by atoms with Gasteiger partial charge in [0.05, 0.1) is 18.9 Å². The first-order valence-electron chi connectivity index (χ1n) is 6.36. The summed E-state index contributed by atoms with van der Waals surface area (Å²) >= 11 is 0. The Bertz CT molecular complexity index is 634. The van der Waals surface area contributed by atoms with Crippen molar-refractivity contribution in [2.24, 2.45) is 0 Å². The number of rotatable bonds is 6. The van der Waals surface area contributed by atoms with Gasteiger partial charge < -0.3 is 14.5 Å². The Kier molecular flexibility index (Phi) is 3.74. The summed E-state index contributed by atoms with van der Waals surface area (Å²) in [5.41, 5.74) is 0.193. The van der Waals surface area contributed by atoms with Crippen molar-refractivity contribution in [1.29, 1.82) is 0 Å². The zero-order valence-electron chi connectivity index (χ0n) is 11.3. The zero-order chi connectivity index (χ0) is 14.0. The normalized spacial score (nSPS) is 12.6. The molecule has 1 aromatic carbocycles. The van der Waals surface area contributed by atoms with E-state index in [-0.39, 0.29) is 17.5 Å². The van der Waals surface area contributed by atoms with Crippen LogP contribution in [0.3, 0.4) is 0 Å². The maximum absolute atomic E-state index is 11.6. The Labute approximate surface area is 110 Å². The second-order valence-corrected chi connectivity index (χ2v) is 4.43. The fraction of sp³-hybridized carbons (Fsp3) is 0.429. The predicted molar refractivity (Wildman–Crippen MR) is 72.6 cm³/mol. The lowest BCUT2D eigenvalue weighted by Crippen LogP contribution is -2.36. The van der Waals surface area contributed by atoms with Crippen LogP contribution in [0.15, 0.2) is 26.3 Å². The van der Waals surface area contributed by atoms with Gasteiger partial charge in [0.2, 0.25) is 0 Å². The fourth-order valence-corrected chi connectivity index (χ4v) is 1.97. The number of anilines is 1. The summed E-state index contributed by atoms with van der Waals surface area (Å²) in [6.45, 7) is 6.04. The highest BCUT2D eigenvalue weighted by molar-refractivity contribution is 5.62. The van der Waals surface area contributed by atoms with Crippen molar-refractivity contribution in [2.75, 3.05) is 11.9 Å². The van der Waals surface area contributed by atoms with Crippen LogP contribution >= 0.6 is 0 Å². The molecule has 5 nitrogen and oxygen atoms in total. The molecule has 0 fully saturated rings. The van der Waals surface area contributed by atoms with Crippen molar-refractivity contribution in [2.45, 2.75) is 33.2 Å². The lowest BCUT2D eigenvalue weighted by Gasteiger charge is -2.19. The van der Waals surface area contributed by atoms with Crippen LogP contribution in [0.5, 0.6) is 5.75 Å². The molecule has 0 aliphatic rings. The van der Waals surface area contributed by atoms with E-state index in [4.69, 9.17) is 9.15 Å². The van der Waals surface area contributed by atoms with E-state index in [0.717, 1.165) is 17.7 Å².